The third kappa shape index (κ3) is 3.82. The van der Waals surface area contributed by atoms with Crippen molar-refractivity contribution in [3.05, 3.63) is 23.4 Å². The predicted molar refractivity (Wildman–Crippen MR) is 77.2 cm³/mol. The first-order valence-electron chi connectivity index (χ1n) is 6.45. The highest BCUT2D eigenvalue weighted by atomic mass is 32.1. The van der Waals surface area contributed by atoms with Crippen LogP contribution in [-0.4, -0.2) is 28.7 Å². The summed E-state index contributed by atoms with van der Waals surface area (Å²) in [4.78, 5) is 3.64. The summed E-state index contributed by atoms with van der Waals surface area (Å²) in [6.45, 7) is 2.91. The molecule has 1 unspecified atom stereocenters. The number of nitrogens with one attached hydrogen (secondary N) is 1. The van der Waals surface area contributed by atoms with Gasteiger partial charge in [0.15, 0.2) is 0 Å². The van der Waals surface area contributed by atoms with Gasteiger partial charge in [-0.2, -0.15) is 13.2 Å². The van der Waals surface area contributed by atoms with E-state index in [1.54, 1.807) is 0 Å². The average molecular weight is 319 g/mol. The molecule has 0 spiro atoms. The van der Waals surface area contributed by atoms with Crippen molar-refractivity contribution in [1.29, 1.82) is 0 Å². The highest BCUT2D eigenvalue weighted by Gasteiger charge is 2.35. The first-order valence-corrected chi connectivity index (χ1v) is 6.86. The fourth-order valence-corrected chi connectivity index (χ4v) is 2.39. The molecule has 8 heteroatoms. The normalized spacial score (nSPS) is 22.9. The van der Waals surface area contributed by atoms with Crippen LogP contribution >= 0.6 is 12.2 Å². The van der Waals surface area contributed by atoms with Gasteiger partial charge in [-0.05, 0) is 31.9 Å². The van der Waals surface area contributed by atoms with E-state index in [4.69, 9.17) is 22.7 Å². The lowest BCUT2D eigenvalue weighted by Crippen LogP contribution is -2.43. The van der Waals surface area contributed by atoms with Crippen molar-refractivity contribution in [2.24, 2.45) is 5.73 Å². The molecule has 0 amide bonds. The van der Waals surface area contributed by atoms with Crippen LogP contribution in [0.5, 0.6) is 0 Å². The van der Waals surface area contributed by atoms with E-state index in [1.165, 1.54) is 6.07 Å². The Morgan fingerprint density at radius 3 is 2.71 bits per heavy atom. The molecule has 0 aliphatic carbocycles. The number of ether oxygens (including phenoxy) is 1. The van der Waals surface area contributed by atoms with E-state index in [0.717, 1.165) is 18.9 Å². The molecule has 116 valence electrons. The second kappa shape index (κ2) is 5.76. The van der Waals surface area contributed by atoms with Crippen molar-refractivity contribution >= 4 is 23.0 Å². The summed E-state index contributed by atoms with van der Waals surface area (Å²) in [5.41, 5.74) is 4.38. The van der Waals surface area contributed by atoms with E-state index in [0.29, 0.717) is 18.8 Å². The lowest BCUT2D eigenvalue weighted by Gasteiger charge is -2.35. The van der Waals surface area contributed by atoms with Crippen molar-refractivity contribution in [3.8, 4) is 0 Å². The number of hydrogen-bond donors (Lipinski definition) is 2. The lowest BCUT2D eigenvalue weighted by atomic mass is 9.94. The van der Waals surface area contributed by atoms with Crippen molar-refractivity contribution in [3.63, 3.8) is 0 Å². The Morgan fingerprint density at radius 1 is 1.48 bits per heavy atom. The zero-order valence-electron chi connectivity index (χ0n) is 11.5. The molecular weight excluding hydrogens is 303 g/mol. The molecule has 0 bridgehead atoms. The van der Waals surface area contributed by atoms with Crippen LogP contribution in [0.4, 0.5) is 19.0 Å². The number of alkyl halides is 3. The molecule has 1 aromatic heterocycles. The molecule has 2 rings (SSSR count). The molecule has 1 saturated heterocycles. The van der Waals surface area contributed by atoms with Gasteiger partial charge in [-0.15, -0.1) is 0 Å². The van der Waals surface area contributed by atoms with E-state index >= 15 is 0 Å². The molecule has 21 heavy (non-hydrogen) atoms. The number of rotatable bonds is 3. The summed E-state index contributed by atoms with van der Waals surface area (Å²) in [7, 11) is 0. The summed E-state index contributed by atoms with van der Waals surface area (Å²) in [6.07, 6.45) is -2.93. The number of nitrogens with two attached hydrogens (primary N) is 1. The van der Waals surface area contributed by atoms with Gasteiger partial charge in [-0.3, -0.25) is 0 Å². The molecule has 1 aliphatic heterocycles. The highest BCUT2D eigenvalue weighted by molar-refractivity contribution is 7.80. The Labute approximate surface area is 125 Å². The Bertz CT molecular complexity index is 542. The van der Waals surface area contributed by atoms with Gasteiger partial charge in [0.1, 0.15) is 16.5 Å². The largest absolute Gasteiger partial charge is 0.433 e. The molecule has 2 heterocycles. The minimum Gasteiger partial charge on any atom is -0.389 e. The lowest BCUT2D eigenvalue weighted by molar-refractivity contribution is -0.141. The van der Waals surface area contributed by atoms with E-state index in [-0.39, 0.29) is 10.8 Å². The Morgan fingerprint density at radius 2 is 2.19 bits per heavy atom. The summed E-state index contributed by atoms with van der Waals surface area (Å²) < 4.78 is 43.8. The minimum absolute atomic E-state index is 0.000878. The molecule has 0 radical (unpaired) electrons. The molecule has 1 atom stereocenters. The van der Waals surface area contributed by atoms with E-state index < -0.39 is 17.4 Å². The second-order valence-electron chi connectivity index (χ2n) is 5.30. The van der Waals surface area contributed by atoms with Crippen LogP contribution in [0, 0.1) is 0 Å². The number of anilines is 1. The van der Waals surface area contributed by atoms with Gasteiger partial charge in [0.05, 0.1) is 17.7 Å². The third-order valence-corrected chi connectivity index (χ3v) is 3.53. The quantitative estimate of drug-likeness (QED) is 0.839. The number of nitrogens with zero attached hydrogens (tertiary/aromatic N) is 1. The van der Waals surface area contributed by atoms with Gasteiger partial charge in [-0.1, -0.05) is 12.2 Å². The van der Waals surface area contributed by atoms with Crippen LogP contribution < -0.4 is 11.1 Å². The molecule has 1 aliphatic rings. The van der Waals surface area contributed by atoms with Gasteiger partial charge in [-0.25, -0.2) is 4.98 Å². The van der Waals surface area contributed by atoms with Crippen molar-refractivity contribution in [2.45, 2.75) is 31.5 Å². The molecule has 0 aromatic carbocycles. The number of hydrogen-bond acceptors (Lipinski definition) is 4. The second-order valence-corrected chi connectivity index (χ2v) is 5.74. The van der Waals surface area contributed by atoms with Crippen molar-refractivity contribution in [1.82, 2.24) is 4.98 Å². The maximum Gasteiger partial charge on any atom is 0.433 e. The van der Waals surface area contributed by atoms with Crippen molar-refractivity contribution < 1.29 is 17.9 Å². The zero-order valence-corrected chi connectivity index (χ0v) is 12.3. The zero-order chi connectivity index (χ0) is 15.7. The Hall–Kier alpha value is -1.41. The molecule has 3 N–H and O–H groups in total. The van der Waals surface area contributed by atoms with Gasteiger partial charge in [0, 0.05) is 6.61 Å². The minimum atomic E-state index is -4.52. The molecule has 4 nitrogen and oxygen atoms in total. The molecule has 1 aromatic rings. The SMILES string of the molecule is CC1(Nc2nc(C(F)(F)F)ccc2C(N)=S)CCCOC1. The summed E-state index contributed by atoms with van der Waals surface area (Å²) in [5, 5.41) is 3.02. The summed E-state index contributed by atoms with van der Waals surface area (Å²) in [6, 6.07) is 2.12. The summed E-state index contributed by atoms with van der Waals surface area (Å²) >= 11 is 4.88. The van der Waals surface area contributed by atoms with Gasteiger partial charge in [0.2, 0.25) is 0 Å². The van der Waals surface area contributed by atoms with Gasteiger partial charge in [0.25, 0.3) is 0 Å². The van der Waals surface area contributed by atoms with Gasteiger partial charge >= 0.3 is 6.18 Å². The number of pyridine rings is 1. The monoisotopic (exact) mass is 319 g/mol. The molecule has 1 fully saturated rings. The Kier molecular flexibility index (Phi) is 4.38. The predicted octanol–water partition coefficient (Wildman–Crippen LogP) is 2.72. The molecular formula is C13H16F3N3OS. The maximum atomic E-state index is 12.8. The first kappa shape index (κ1) is 16.0. The Balaban J connectivity index is 2.36. The van der Waals surface area contributed by atoms with E-state index in [2.05, 4.69) is 10.3 Å². The molecule has 0 saturated carbocycles. The number of aromatic nitrogens is 1. The standard InChI is InChI=1S/C13H16F3N3OS/c1-12(5-2-6-20-7-12)19-11-8(10(17)21)3-4-9(18-11)13(14,15)16/h3-4H,2,5-7H2,1H3,(H2,17,21)(H,18,19). The smallest absolute Gasteiger partial charge is 0.389 e. The topological polar surface area (TPSA) is 60.2 Å². The van der Waals surface area contributed by atoms with Crippen LogP contribution in [0.15, 0.2) is 12.1 Å². The first-order chi connectivity index (χ1) is 9.71. The van der Waals surface area contributed by atoms with Gasteiger partial charge < -0.3 is 15.8 Å². The van der Waals surface area contributed by atoms with E-state index in [9.17, 15) is 13.2 Å². The van der Waals surface area contributed by atoms with Crippen LogP contribution in [0.1, 0.15) is 31.0 Å². The van der Waals surface area contributed by atoms with Crippen LogP contribution in [0.3, 0.4) is 0 Å². The fourth-order valence-electron chi connectivity index (χ4n) is 2.23. The fraction of sp³-hybridized carbons (Fsp3) is 0.538. The third-order valence-electron chi connectivity index (χ3n) is 3.31. The number of thiocarbonyl (C=S) groups is 1. The van der Waals surface area contributed by atoms with Crippen LogP contribution in [-0.2, 0) is 10.9 Å². The number of halogens is 3. The summed E-state index contributed by atoms with van der Waals surface area (Å²) in [5.74, 6) is 0.0466. The van der Waals surface area contributed by atoms with E-state index in [1.807, 2.05) is 6.92 Å². The average Bonchev–Trinajstić information content (AvgIpc) is 2.37. The van der Waals surface area contributed by atoms with Crippen molar-refractivity contribution in [2.75, 3.05) is 18.5 Å². The van der Waals surface area contributed by atoms with Crippen LogP contribution in [0.2, 0.25) is 0 Å². The highest BCUT2D eigenvalue weighted by Crippen LogP contribution is 2.31. The van der Waals surface area contributed by atoms with Crippen LogP contribution in [0.25, 0.3) is 0 Å². The maximum absolute atomic E-state index is 12.8.